The Balaban J connectivity index is 1.48. The third-order valence-corrected chi connectivity index (χ3v) is 4.94. The molecule has 5 nitrogen and oxygen atoms in total. The number of amides is 2. The predicted molar refractivity (Wildman–Crippen MR) is 81.1 cm³/mol. The van der Waals surface area contributed by atoms with Gasteiger partial charge in [0.1, 0.15) is 6.26 Å². The Morgan fingerprint density at radius 1 is 1.24 bits per heavy atom. The number of hydrogen-bond donors (Lipinski definition) is 1. The average molecular weight is 291 g/mol. The van der Waals surface area contributed by atoms with E-state index in [1.807, 2.05) is 4.90 Å². The lowest BCUT2D eigenvalue weighted by Gasteiger charge is -2.27. The highest BCUT2D eigenvalue weighted by Crippen LogP contribution is 2.30. The van der Waals surface area contributed by atoms with Crippen LogP contribution in [0.15, 0.2) is 16.9 Å². The summed E-state index contributed by atoms with van der Waals surface area (Å²) in [7, 11) is 0. The van der Waals surface area contributed by atoms with Crippen molar-refractivity contribution < 1.29 is 9.32 Å². The van der Waals surface area contributed by atoms with E-state index in [1.54, 1.807) is 6.07 Å². The maximum absolute atomic E-state index is 12.3. The third kappa shape index (κ3) is 3.77. The predicted octanol–water partition coefficient (Wildman–Crippen LogP) is 4.03. The van der Waals surface area contributed by atoms with Gasteiger partial charge in [-0.2, -0.15) is 0 Å². The summed E-state index contributed by atoms with van der Waals surface area (Å²) < 4.78 is 4.75. The maximum Gasteiger partial charge on any atom is 0.323 e. The summed E-state index contributed by atoms with van der Waals surface area (Å²) in [5, 5.41) is 6.55. The van der Waals surface area contributed by atoms with E-state index in [2.05, 4.69) is 10.5 Å². The van der Waals surface area contributed by atoms with Gasteiger partial charge in [0, 0.05) is 18.7 Å². The molecule has 3 rings (SSSR count). The summed E-state index contributed by atoms with van der Waals surface area (Å²) in [5.41, 5.74) is 0. The van der Waals surface area contributed by atoms with Crippen LogP contribution in [0.25, 0.3) is 0 Å². The second kappa shape index (κ2) is 6.96. The van der Waals surface area contributed by atoms with Gasteiger partial charge >= 0.3 is 6.03 Å². The van der Waals surface area contributed by atoms with Gasteiger partial charge in [0.15, 0.2) is 5.82 Å². The summed E-state index contributed by atoms with van der Waals surface area (Å²) in [6, 6.07) is 2.04. The monoisotopic (exact) mass is 291 g/mol. The van der Waals surface area contributed by atoms with E-state index in [0.29, 0.717) is 11.9 Å². The highest BCUT2D eigenvalue weighted by atomic mass is 16.5. The number of carbonyl (C=O) groups is 1. The van der Waals surface area contributed by atoms with E-state index in [4.69, 9.17) is 4.52 Å². The highest BCUT2D eigenvalue weighted by molar-refractivity contribution is 5.88. The first-order chi connectivity index (χ1) is 10.3. The molecule has 0 bridgehead atoms. The molecule has 5 heteroatoms. The van der Waals surface area contributed by atoms with Crippen LogP contribution in [-0.2, 0) is 0 Å². The van der Waals surface area contributed by atoms with Crippen LogP contribution in [0.1, 0.15) is 57.8 Å². The Hall–Kier alpha value is -1.52. The number of aromatic nitrogens is 1. The number of nitrogens with zero attached hydrogens (tertiary/aromatic N) is 2. The molecule has 1 aliphatic heterocycles. The molecule has 1 aromatic rings. The summed E-state index contributed by atoms with van der Waals surface area (Å²) in [5.74, 6) is 1.39. The van der Waals surface area contributed by atoms with Crippen molar-refractivity contribution in [2.45, 2.75) is 63.8 Å². The minimum atomic E-state index is -0.0324. The first-order valence-electron chi connectivity index (χ1n) is 8.31. The van der Waals surface area contributed by atoms with Crippen molar-refractivity contribution in [3.05, 3.63) is 12.3 Å². The molecule has 0 aromatic carbocycles. The zero-order valence-corrected chi connectivity index (χ0v) is 12.6. The largest absolute Gasteiger partial charge is 0.363 e. The molecular weight excluding hydrogens is 266 g/mol. The molecule has 2 heterocycles. The van der Waals surface area contributed by atoms with Gasteiger partial charge in [-0.3, -0.25) is 5.32 Å². The molecule has 21 heavy (non-hydrogen) atoms. The number of hydrogen-bond acceptors (Lipinski definition) is 3. The van der Waals surface area contributed by atoms with Crippen molar-refractivity contribution in [2.24, 2.45) is 5.92 Å². The Morgan fingerprint density at radius 2 is 2.10 bits per heavy atom. The van der Waals surface area contributed by atoms with Crippen LogP contribution in [0.2, 0.25) is 0 Å². The lowest BCUT2D eigenvalue weighted by atomic mass is 9.85. The zero-order chi connectivity index (χ0) is 14.5. The number of likely N-dealkylation sites (tertiary alicyclic amines) is 1. The van der Waals surface area contributed by atoms with Crippen LogP contribution in [0.3, 0.4) is 0 Å². The molecule has 1 unspecified atom stereocenters. The second-order valence-electron chi connectivity index (χ2n) is 6.39. The minimum absolute atomic E-state index is 0.0324. The maximum atomic E-state index is 12.3. The summed E-state index contributed by atoms with van der Waals surface area (Å²) in [6.07, 6.45) is 13.1. The SMILES string of the molecule is O=C(Nc1ccon1)N1CCCC1CCC1CCCCC1. The van der Waals surface area contributed by atoms with Gasteiger partial charge in [0.05, 0.1) is 0 Å². The Morgan fingerprint density at radius 3 is 2.86 bits per heavy atom. The van der Waals surface area contributed by atoms with E-state index >= 15 is 0 Å². The number of nitrogens with one attached hydrogen (secondary N) is 1. The number of carbonyl (C=O) groups excluding carboxylic acids is 1. The molecule has 2 fully saturated rings. The van der Waals surface area contributed by atoms with Gasteiger partial charge in [0.25, 0.3) is 0 Å². The standard InChI is InChI=1S/C16H25N3O2/c20-16(17-15-10-12-21-18-15)19-11-4-7-14(19)9-8-13-5-2-1-3-6-13/h10,12-14H,1-9,11H2,(H,17,18,20). The summed E-state index contributed by atoms with van der Waals surface area (Å²) in [4.78, 5) is 14.3. The molecule has 1 N–H and O–H groups in total. The Labute approximate surface area is 126 Å². The second-order valence-corrected chi connectivity index (χ2v) is 6.39. The van der Waals surface area contributed by atoms with Crippen LogP contribution in [-0.4, -0.2) is 28.7 Å². The molecule has 0 radical (unpaired) electrons. The molecule has 1 saturated carbocycles. The normalized spacial score (nSPS) is 23.4. The van der Waals surface area contributed by atoms with E-state index in [1.165, 1.54) is 44.8 Å². The first kappa shape index (κ1) is 14.4. The van der Waals surface area contributed by atoms with Crippen molar-refractivity contribution in [1.82, 2.24) is 10.1 Å². The Bertz CT molecular complexity index is 440. The van der Waals surface area contributed by atoms with Crippen LogP contribution < -0.4 is 5.32 Å². The van der Waals surface area contributed by atoms with Crippen LogP contribution in [0.4, 0.5) is 10.6 Å². The molecule has 2 aliphatic rings. The van der Waals surface area contributed by atoms with E-state index < -0.39 is 0 Å². The Kier molecular flexibility index (Phi) is 4.78. The van der Waals surface area contributed by atoms with E-state index in [-0.39, 0.29) is 6.03 Å². The van der Waals surface area contributed by atoms with Crippen molar-refractivity contribution in [3.8, 4) is 0 Å². The van der Waals surface area contributed by atoms with Crippen molar-refractivity contribution in [2.75, 3.05) is 11.9 Å². The van der Waals surface area contributed by atoms with Gasteiger partial charge in [0.2, 0.25) is 0 Å². The van der Waals surface area contributed by atoms with E-state index in [0.717, 1.165) is 31.7 Å². The smallest absolute Gasteiger partial charge is 0.323 e. The molecule has 0 spiro atoms. The van der Waals surface area contributed by atoms with Crippen molar-refractivity contribution in [1.29, 1.82) is 0 Å². The van der Waals surface area contributed by atoms with Crippen molar-refractivity contribution in [3.63, 3.8) is 0 Å². The number of urea groups is 1. The summed E-state index contributed by atoms with van der Waals surface area (Å²) in [6.45, 7) is 0.860. The van der Waals surface area contributed by atoms with Gasteiger partial charge in [-0.15, -0.1) is 0 Å². The third-order valence-electron chi connectivity index (χ3n) is 4.94. The average Bonchev–Trinajstić information content (AvgIpc) is 3.17. The fourth-order valence-electron chi connectivity index (χ4n) is 3.77. The van der Waals surface area contributed by atoms with E-state index in [9.17, 15) is 4.79 Å². The molecule has 1 saturated heterocycles. The van der Waals surface area contributed by atoms with Gasteiger partial charge < -0.3 is 9.42 Å². The highest BCUT2D eigenvalue weighted by Gasteiger charge is 2.29. The minimum Gasteiger partial charge on any atom is -0.363 e. The fourth-order valence-corrected chi connectivity index (χ4v) is 3.77. The van der Waals surface area contributed by atoms with Crippen LogP contribution >= 0.6 is 0 Å². The van der Waals surface area contributed by atoms with Gasteiger partial charge in [-0.1, -0.05) is 37.3 Å². The molecule has 2 amide bonds. The van der Waals surface area contributed by atoms with Crippen LogP contribution in [0, 0.1) is 5.92 Å². The van der Waals surface area contributed by atoms with Gasteiger partial charge in [-0.05, 0) is 31.6 Å². The number of anilines is 1. The topological polar surface area (TPSA) is 58.4 Å². The molecule has 1 aromatic heterocycles. The first-order valence-corrected chi connectivity index (χ1v) is 8.31. The quantitative estimate of drug-likeness (QED) is 0.911. The van der Waals surface area contributed by atoms with Crippen LogP contribution in [0.5, 0.6) is 0 Å². The lowest BCUT2D eigenvalue weighted by molar-refractivity contribution is 0.198. The molecule has 1 aliphatic carbocycles. The molecule has 1 atom stereocenters. The lowest BCUT2D eigenvalue weighted by Crippen LogP contribution is -2.39. The summed E-state index contributed by atoms with van der Waals surface area (Å²) >= 11 is 0. The number of rotatable bonds is 4. The van der Waals surface area contributed by atoms with Gasteiger partial charge in [-0.25, -0.2) is 4.79 Å². The fraction of sp³-hybridized carbons (Fsp3) is 0.750. The molecular formula is C16H25N3O2. The van der Waals surface area contributed by atoms with Crippen molar-refractivity contribution >= 4 is 11.8 Å². The molecule has 116 valence electrons. The zero-order valence-electron chi connectivity index (χ0n) is 12.6.